The molecule has 0 radical (unpaired) electrons. The van der Waals surface area contributed by atoms with Crippen LogP contribution in [0.2, 0.25) is 0 Å². The highest BCUT2D eigenvalue weighted by molar-refractivity contribution is 5.60. The molecule has 1 aromatic heterocycles. The number of nitrogens with zero attached hydrogens (tertiary/aromatic N) is 1. The standard InChI is InChI=1S/C7H7NO4/c1-8-3-2-5(4-6(8)9)12-7(10)11/h2-4H,1H3,(H,10,11). The van der Waals surface area contributed by atoms with Crippen LogP contribution >= 0.6 is 0 Å². The van der Waals surface area contributed by atoms with Gasteiger partial charge in [0.25, 0.3) is 5.56 Å². The summed E-state index contributed by atoms with van der Waals surface area (Å²) in [7, 11) is 1.56. The second kappa shape index (κ2) is 3.08. The molecular formula is C7H7NO4. The summed E-state index contributed by atoms with van der Waals surface area (Å²) in [6.07, 6.45) is 0.00361. The Hall–Kier alpha value is -1.78. The Morgan fingerprint density at radius 3 is 2.83 bits per heavy atom. The number of aromatic nitrogens is 1. The number of carbonyl (C=O) groups is 1. The number of aryl methyl sites for hydroxylation is 1. The third-order valence-corrected chi connectivity index (χ3v) is 1.28. The van der Waals surface area contributed by atoms with Gasteiger partial charge in [-0.1, -0.05) is 0 Å². The van der Waals surface area contributed by atoms with Gasteiger partial charge < -0.3 is 14.4 Å². The minimum Gasteiger partial charge on any atom is -0.449 e. The van der Waals surface area contributed by atoms with Crippen molar-refractivity contribution >= 4 is 6.16 Å². The normalized spacial score (nSPS) is 9.42. The number of carboxylic acid groups (broad SMARTS) is 1. The van der Waals surface area contributed by atoms with Crippen LogP contribution < -0.4 is 10.3 Å². The molecule has 0 saturated heterocycles. The smallest absolute Gasteiger partial charge is 0.449 e. The summed E-state index contributed by atoms with van der Waals surface area (Å²) < 4.78 is 5.57. The van der Waals surface area contributed by atoms with Crippen LogP contribution in [-0.2, 0) is 7.05 Å². The highest BCUT2D eigenvalue weighted by Gasteiger charge is 2.00. The van der Waals surface area contributed by atoms with Crippen molar-refractivity contribution in [3.63, 3.8) is 0 Å². The number of hydrogen-bond donors (Lipinski definition) is 1. The predicted octanol–water partition coefficient (Wildman–Crippen LogP) is 0.442. The van der Waals surface area contributed by atoms with Gasteiger partial charge in [0.05, 0.1) is 0 Å². The summed E-state index contributed by atoms with van der Waals surface area (Å²) in [4.78, 5) is 20.9. The average molecular weight is 169 g/mol. The van der Waals surface area contributed by atoms with Crippen molar-refractivity contribution in [3.8, 4) is 5.75 Å². The first-order chi connectivity index (χ1) is 5.59. The van der Waals surface area contributed by atoms with Gasteiger partial charge in [-0.3, -0.25) is 4.79 Å². The van der Waals surface area contributed by atoms with E-state index in [1.165, 1.54) is 16.8 Å². The van der Waals surface area contributed by atoms with Gasteiger partial charge in [-0.2, -0.15) is 0 Å². The lowest BCUT2D eigenvalue weighted by Crippen LogP contribution is -2.15. The van der Waals surface area contributed by atoms with Crippen LogP contribution in [0.25, 0.3) is 0 Å². The van der Waals surface area contributed by atoms with E-state index in [4.69, 9.17) is 5.11 Å². The Morgan fingerprint density at radius 1 is 1.67 bits per heavy atom. The molecule has 1 heterocycles. The lowest BCUT2D eigenvalue weighted by Gasteiger charge is -1.99. The van der Waals surface area contributed by atoms with Crippen molar-refractivity contribution in [1.29, 1.82) is 0 Å². The lowest BCUT2D eigenvalue weighted by atomic mass is 10.4. The summed E-state index contributed by atoms with van der Waals surface area (Å²) in [5.74, 6) is 0.0330. The monoisotopic (exact) mass is 169 g/mol. The quantitative estimate of drug-likeness (QED) is 0.619. The van der Waals surface area contributed by atoms with Crippen molar-refractivity contribution in [2.24, 2.45) is 7.05 Å². The Balaban J connectivity index is 2.97. The van der Waals surface area contributed by atoms with Crippen molar-refractivity contribution in [3.05, 3.63) is 28.7 Å². The molecule has 0 unspecified atom stereocenters. The van der Waals surface area contributed by atoms with E-state index in [1.54, 1.807) is 7.05 Å². The molecule has 0 aliphatic carbocycles. The number of pyridine rings is 1. The topological polar surface area (TPSA) is 68.5 Å². The molecule has 0 aliphatic rings. The van der Waals surface area contributed by atoms with Crippen molar-refractivity contribution in [2.75, 3.05) is 0 Å². The number of rotatable bonds is 1. The molecule has 5 heteroatoms. The van der Waals surface area contributed by atoms with Gasteiger partial charge >= 0.3 is 6.16 Å². The molecule has 0 aromatic carbocycles. The Labute approximate surface area is 67.8 Å². The molecule has 5 nitrogen and oxygen atoms in total. The average Bonchev–Trinajstić information content (AvgIpc) is 1.96. The maximum absolute atomic E-state index is 10.9. The second-order valence-corrected chi connectivity index (χ2v) is 2.18. The molecule has 64 valence electrons. The van der Waals surface area contributed by atoms with Crippen LogP contribution in [0, 0.1) is 0 Å². The van der Waals surface area contributed by atoms with E-state index in [0.29, 0.717) is 0 Å². The molecule has 1 aromatic rings. The Bertz CT molecular complexity index is 355. The number of ether oxygens (including phenoxy) is 1. The highest BCUT2D eigenvalue weighted by atomic mass is 16.7. The van der Waals surface area contributed by atoms with Crippen LogP contribution in [0.1, 0.15) is 0 Å². The fourth-order valence-corrected chi connectivity index (χ4v) is 0.695. The van der Waals surface area contributed by atoms with Crippen molar-refractivity contribution in [2.45, 2.75) is 0 Å². The fourth-order valence-electron chi connectivity index (χ4n) is 0.695. The summed E-state index contributed by atoms with van der Waals surface area (Å²) in [6.45, 7) is 0. The molecule has 0 bridgehead atoms. The Kier molecular flexibility index (Phi) is 2.14. The second-order valence-electron chi connectivity index (χ2n) is 2.18. The van der Waals surface area contributed by atoms with E-state index < -0.39 is 6.16 Å². The van der Waals surface area contributed by atoms with Crippen molar-refractivity contribution in [1.82, 2.24) is 4.57 Å². The zero-order valence-corrected chi connectivity index (χ0v) is 6.35. The molecule has 0 spiro atoms. The predicted molar refractivity (Wildman–Crippen MR) is 40.3 cm³/mol. The van der Waals surface area contributed by atoms with Gasteiger partial charge in [0.2, 0.25) is 0 Å². The molecule has 0 saturated carbocycles. The first-order valence-corrected chi connectivity index (χ1v) is 3.17. The fraction of sp³-hybridized carbons (Fsp3) is 0.143. The van der Waals surface area contributed by atoms with Gasteiger partial charge in [0.15, 0.2) is 0 Å². The summed E-state index contributed by atoms with van der Waals surface area (Å²) in [5.41, 5.74) is -0.311. The third kappa shape index (κ3) is 1.85. The molecule has 1 rings (SSSR count). The molecule has 0 amide bonds. The summed E-state index contributed by atoms with van der Waals surface area (Å²) in [5, 5.41) is 8.20. The van der Waals surface area contributed by atoms with Crippen molar-refractivity contribution < 1.29 is 14.6 Å². The summed E-state index contributed by atoms with van der Waals surface area (Å²) in [6, 6.07) is 2.50. The van der Waals surface area contributed by atoms with Gasteiger partial charge in [-0.15, -0.1) is 0 Å². The van der Waals surface area contributed by atoms with E-state index in [-0.39, 0.29) is 11.3 Å². The van der Waals surface area contributed by atoms with Crippen LogP contribution in [0.3, 0.4) is 0 Å². The molecule has 0 aliphatic heterocycles. The van der Waals surface area contributed by atoms with E-state index >= 15 is 0 Å². The van der Waals surface area contributed by atoms with Gasteiger partial charge in [-0.05, 0) is 6.07 Å². The largest absolute Gasteiger partial charge is 0.511 e. The van der Waals surface area contributed by atoms with E-state index in [1.807, 2.05) is 0 Å². The third-order valence-electron chi connectivity index (χ3n) is 1.28. The van der Waals surface area contributed by atoms with Crippen LogP contribution in [0.15, 0.2) is 23.1 Å². The van der Waals surface area contributed by atoms with Crippen LogP contribution in [-0.4, -0.2) is 15.8 Å². The lowest BCUT2D eigenvalue weighted by molar-refractivity contribution is 0.144. The number of hydrogen-bond acceptors (Lipinski definition) is 3. The zero-order valence-electron chi connectivity index (χ0n) is 6.35. The molecule has 1 N–H and O–H groups in total. The molecule has 0 atom stereocenters. The van der Waals surface area contributed by atoms with Gasteiger partial charge in [0, 0.05) is 19.3 Å². The zero-order chi connectivity index (χ0) is 9.14. The minimum absolute atomic E-state index is 0.0330. The van der Waals surface area contributed by atoms with E-state index in [9.17, 15) is 9.59 Å². The maximum Gasteiger partial charge on any atom is 0.511 e. The molecule has 12 heavy (non-hydrogen) atoms. The van der Waals surface area contributed by atoms with E-state index in [0.717, 1.165) is 6.07 Å². The van der Waals surface area contributed by atoms with Gasteiger partial charge in [0.1, 0.15) is 5.75 Å². The highest BCUT2D eigenvalue weighted by Crippen LogP contribution is 2.04. The first-order valence-electron chi connectivity index (χ1n) is 3.17. The molecule has 0 fully saturated rings. The van der Waals surface area contributed by atoms with Gasteiger partial charge in [-0.25, -0.2) is 4.79 Å². The minimum atomic E-state index is -1.43. The van der Waals surface area contributed by atoms with Crippen LogP contribution in [0.5, 0.6) is 5.75 Å². The SMILES string of the molecule is Cn1ccc(OC(=O)O)cc1=O. The van der Waals surface area contributed by atoms with Crippen LogP contribution in [0.4, 0.5) is 4.79 Å². The first kappa shape index (κ1) is 8.32. The summed E-state index contributed by atoms with van der Waals surface area (Å²) >= 11 is 0. The molecular weight excluding hydrogens is 162 g/mol. The van der Waals surface area contributed by atoms with E-state index in [2.05, 4.69) is 4.74 Å². The maximum atomic E-state index is 10.9. The Morgan fingerprint density at radius 2 is 2.33 bits per heavy atom.